The number of nitrogens with one attached hydrogen (secondary N) is 1. The van der Waals surface area contributed by atoms with E-state index in [9.17, 15) is 19.8 Å². The SMILES string of the molecule is COc1cc(O)c2c(c1)/C=C/CC(CO)NC(=O)/C=C\CC(C)OC2=O. The average molecular weight is 361 g/mol. The van der Waals surface area contributed by atoms with Gasteiger partial charge in [-0.2, -0.15) is 0 Å². The Balaban J connectivity index is 2.43. The summed E-state index contributed by atoms with van der Waals surface area (Å²) in [5, 5.41) is 22.3. The first-order chi connectivity index (χ1) is 12.4. The number of aliphatic hydroxyl groups is 1. The number of carbonyl (C=O) groups excluding carboxylic acids is 2. The molecule has 0 aliphatic carbocycles. The molecule has 26 heavy (non-hydrogen) atoms. The van der Waals surface area contributed by atoms with Crippen LogP contribution in [-0.2, 0) is 9.53 Å². The van der Waals surface area contributed by atoms with E-state index in [0.717, 1.165) is 0 Å². The number of carbonyl (C=O) groups is 2. The van der Waals surface area contributed by atoms with Gasteiger partial charge in [0.05, 0.1) is 19.8 Å². The summed E-state index contributed by atoms with van der Waals surface area (Å²) in [4.78, 5) is 24.3. The van der Waals surface area contributed by atoms with Crippen molar-refractivity contribution in [3.63, 3.8) is 0 Å². The third-order valence-corrected chi connectivity index (χ3v) is 3.89. The Bertz CT molecular complexity index is 725. The lowest BCUT2D eigenvalue weighted by Gasteiger charge is -2.16. The van der Waals surface area contributed by atoms with Crippen LogP contribution in [0.15, 0.2) is 30.4 Å². The summed E-state index contributed by atoms with van der Waals surface area (Å²) in [6, 6.07) is 2.49. The van der Waals surface area contributed by atoms with Crippen molar-refractivity contribution in [3.05, 3.63) is 41.5 Å². The van der Waals surface area contributed by atoms with Crippen molar-refractivity contribution in [3.8, 4) is 11.5 Å². The molecular formula is C19H23NO6. The van der Waals surface area contributed by atoms with Crippen LogP contribution in [0.1, 0.15) is 35.7 Å². The van der Waals surface area contributed by atoms with Crippen molar-refractivity contribution in [1.82, 2.24) is 5.32 Å². The number of aliphatic hydroxyl groups excluding tert-OH is 1. The lowest BCUT2D eigenvalue weighted by atomic mass is 10.0. The number of methoxy groups -OCH3 is 1. The minimum Gasteiger partial charge on any atom is -0.507 e. The molecule has 2 unspecified atom stereocenters. The highest BCUT2D eigenvalue weighted by Gasteiger charge is 2.21. The number of phenols is 1. The normalized spacial score (nSPS) is 23.8. The number of ether oxygens (including phenoxy) is 2. The Morgan fingerprint density at radius 2 is 1.96 bits per heavy atom. The molecule has 1 aliphatic rings. The molecule has 2 atom stereocenters. The minimum absolute atomic E-state index is 0.0412. The third kappa shape index (κ3) is 5.10. The molecule has 1 aliphatic heterocycles. The molecule has 1 aromatic carbocycles. The maximum atomic E-state index is 12.5. The Kier molecular flexibility index (Phi) is 6.80. The van der Waals surface area contributed by atoms with Crippen LogP contribution >= 0.6 is 0 Å². The summed E-state index contributed by atoms with van der Waals surface area (Å²) in [7, 11) is 1.46. The highest BCUT2D eigenvalue weighted by atomic mass is 16.5. The van der Waals surface area contributed by atoms with Gasteiger partial charge >= 0.3 is 5.97 Å². The topological polar surface area (TPSA) is 105 Å². The van der Waals surface area contributed by atoms with E-state index in [2.05, 4.69) is 5.32 Å². The van der Waals surface area contributed by atoms with Gasteiger partial charge in [0.2, 0.25) is 5.91 Å². The van der Waals surface area contributed by atoms with Gasteiger partial charge in [-0.1, -0.05) is 18.2 Å². The van der Waals surface area contributed by atoms with Crippen LogP contribution in [0, 0.1) is 0 Å². The fourth-order valence-corrected chi connectivity index (χ4v) is 2.54. The number of aromatic hydroxyl groups is 1. The van der Waals surface area contributed by atoms with E-state index in [1.165, 1.54) is 19.3 Å². The summed E-state index contributed by atoms with van der Waals surface area (Å²) < 4.78 is 10.5. The van der Waals surface area contributed by atoms with Crippen LogP contribution in [0.25, 0.3) is 6.08 Å². The molecule has 140 valence electrons. The van der Waals surface area contributed by atoms with E-state index in [1.54, 1.807) is 31.2 Å². The van der Waals surface area contributed by atoms with E-state index < -0.39 is 18.1 Å². The quantitative estimate of drug-likeness (QED) is 0.694. The van der Waals surface area contributed by atoms with Crippen LogP contribution in [0.3, 0.4) is 0 Å². The number of rotatable bonds is 2. The van der Waals surface area contributed by atoms with Crippen molar-refractivity contribution in [2.75, 3.05) is 13.7 Å². The standard InChI is InChI=1S/C19H23NO6/c1-12-5-3-8-17(23)20-14(11-21)7-4-6-13-9-15(25-2)10-16(22)18(13)19(24)26-12/h3-4,6,8-10,12,14,21-22H,5,7,11H2,1-2H3,(H,20,23)/b6-4+,8-3-. The van der Waals surface area contributed by atoms with Crippen molar-refractivity contribution in [2.24, 2.45) is 0 Å². The molecule has 7 heteroatoms. The van der Waals surface area contributed by atoms with Crippen LogP contribution in [0.2, 0.25) is 0 Å². The highest BCUT2D eigenvalue weighted by Crippen LogP contribution is 2.30. The fourth-order valence-electron chi connectivity index (χ4n) is 2.54. The van der Waals surface area contributed by atoms with Gasteiger partial charge in [0.25, 0.3) is 0 Å². The average Bonchev–Trinajstić information content (AvgIpc) is 2.59. The van der Waals surface area contributed by atoms with Gasteiger partial charge in [0.15, 0.2) is 0 Å². The molecule has 7 nitrogen and oxygen atoms in total. The minimum atomic E-state index is -0.661. The Morgan fingerprint density at radius 1 is 1.23 bits per heavy atom. The second-order valence-electron chi connectivity index (χ2n) is 5.99. The number of hydrogen-bond donors (Lipinski definition) is 3. The van der Waals surface area contributed by atoms with Crippen molar-refractivity contribution < 1.29 is 29.3 Å². The molecule has 1 aromatic rings. The summed E-state index contributed by atoms with van der Waals surface area (Å²) in [5.74, 6) is -0.836. The smallest absolute Gasteiger partial charge is 0.342 e. The van der Waals surface area contributed by atoms with Gasteiger partial charge in [-0.05, 0) is 31.1 Å². The largest absolute Gasteiger partial charge is 0.507 e. The summed E-state index contributed by atoms with van der Waals surface area (Å²) in [6.45, 7) is 1.47. The zero-order chi connectivity index (χ0) is 19.1. The Hall–Kier alpha value is -2.80. The first-order valence-electron chi connectivity index (χ1n) is 8.31. The lowest BCUT2D eigenvalue weighted by Crippen LogP contribution is -2.36. The van der Waals surface area contributed by atoms with Gasteiger partial charge in [0.1, 0.15) is 23.2 Å². The lowest BCUT2D eigenvalue weighted by molar-refractivity contribution is -0.117. The van der Waals surface area contributed by atoms with E-state index >= 15 is 0 Å². The predicted octanol–water partition coefficient (Wildman–Crippen LogP) is 1.79. The number of hydrogen-bond acceptors (Lipinski definition) is 6. The number of fused-ring (bicyclic) bond motifs is 1. The summed E-state index contributed by atoms with van der Waals surface area (Å²) in [6.07, 6.45) is 6.47. The maximum absolute atomic E-state index is 12.5. The number of cyclic esters (lactones) is 1. The monoisotopic (exact) mass is 361 g/mol. The van der Waals surface area contributed by atoms with Crippen molar-refractivity contribution in [1.29, 1.82) is 0 Å². The van der Waals surface area contributed by atoms with Gasteiger partial charge in [0, 0.05) is 12.5 Å². The van der Waals surface area contributed by atoms with Crippen LogP contribution < -0.4 is 10.1 Å². The maximum Gasteiger partial charge on any atom is 0.342 e. The van der Waals surface area contributed by atoms with Crippen LogP contribution in [0.5, 0.6) is 11.5 Å². The fraction of sp³-hybridized carbons (Fsp3) is 0.368. The van der Waals surface area contributed by atoms with Crippen molar-refractivity contribution >= 4 is 18.0 Å². The number of amides is 1. The van der Waals surface area contributed by atoms with Gasteiger partial charge in [-0.3, -0.25) is 4.79 Å². The molecule has 1 heterocycles. The van der Waals surface area contributed by atoms with Crippen LogP contribution in [-0.4, -0.2) is 48.0 Å². The first-order valence-corrected chi connectivity index (χ1v) is 8.31. The molecule has 0 saturated carbocycles. The molecule has 0 fully saturated rings. The van der Waals surface area contributed by atoms with E-state index in [1.807, 2.05) is 0 Å². The molecule has 2 rings (SSSR count). The zero-order valence-electron chi connectivity index (χ0n) is 14.8. The second-order valence-corrected chi connectivity index (χ2v) is 5.99. The molecule has 1 amide bonds. The number of benzene rings is 1. The second kappa shape index (κ2) is 9.05. The molecular weight excluding hydrogens is 338 g/mol. The van der Waals surface area contributed by atoms with E-state index in [4.69, 9.17) is 9.47 Å². The number of phenolic OH excluding ortho intramolecular Hbond substituents is 1. The summed E-state index contributed by atoms with van der Waals surface area (Å²) >= 11 is 0. The Morgan fingerprint density at radius 3 is 2.65 bits per heavy atom. The third-order valence-electron chi connectivity index (χ3n) is 3.89. The molecule has 0 bridgehead atoms. The molecule has 3 N–H and O–H groups in total. The summed E-state index contributed by atoms with van der Waals surface area (Å²) in [5.41, 5.74) is 0.467. The predicted molar refractivity (Wildman–Crippen MR) is 96.0 cm³/mol. The zero-order valence-corrected chi connectivity index (χ0v) is 14.8. The highest BCUT2D eigenvalue weighted by molar-refractivity contribution is 5.97. The molecule has 0 spiro atoms. The molecule has 0 saturated heterocycles. The van der Waals surface area contributed by atoms with Gasteiger partial charge in [-0.25, -0.2) is 4.79 Å². The first kappa shape index (κ1) is 19.5. The number of esters is 1. The van der Waals surface area contributed by atoms with E-state index in [0.29, 0.717) is 24.2 Å². The van der Waals surface area contributed by atoms with Gasteiger partial charge < -0.3 is 25.0 Å². The van der Waals surface area contributed by atoms with Crippen molar-refractivity contribution in [2.45, 2.75) is 31.9 Å². The van der Waals surface area contributed by atoms with Gasteiger partial charge in [-0.15, -0.1) is 0 Å². The molecule has 0 radical (unpaired) electrons. The Labute approximate surface area is 151 Å². The molecule has 0 aromatic heterocycles. The van der Waals surface area contributed by atoms with E-state index in [-0.39, 0.29) is 23.8 Å². The van der Waals surface area contributed by atoms with Crippen LogP contribution in [0.4, 0.5) is 0 Å².